The normalized spacial score (nSPS) is 14.1. The molecule has 0 amide bonds. The summed E-state index contributed by atoms with van der Waals surface area (Å²) in [5, 5.41) is 11.5. The molecule has 1 aliphatic carbocycles. The van der Waals surface area contributed by atoms with Crippen molar-refractivity contribution in [3.63, 3.8) is 0 Å². The lowest BCUT2D eigenvalue weighted by Gasteiger charge is -2.00. The maximum atomic E-state index is 11.6. The maximum absolute atomic E-state index is 11.6. The third-order valence-corrected chi connectivity index (χ3v) is 4.71. The summed E-state index contributed by atoms with van der Waals surface area (Å²) in [7, 11) is 1.32. The summed E-state index contributed by atoms with van der Waals surface area (Å²) in [5.74, 6) is 0.325. The van der Waals surface area contributed by atoms with Crippen LogP contribution >= 0.6 is 11.3 Å². The van der Waals surface area contributed by atoms with Crippen LogP contribution in [0, 0.1) is 0 Å². The van der Waals surface area contributed by atoms with Gasteiger partial charge in [-0.3, -0.25) is 0 Å². The van der Waals surface area contributed by atoms with E-state index >= 15 is 0 Å². The summed E-state index contributed by atoms with van der Waals surface area (Å²) in [6, 6.07) is 1.72. The van der Waals surface area contributed by atoms with Gasteiger partial charge >= 0.3 is 5.97 Å². The molecule has 4 rings (SSSR count). The van der Waals surface area contributed by atoms with Crippen LogP contribution in [0.5, 0.6) is 0 Å². The molecule has 23 heavy (non-hydrogen) atoms. The number of ether oxygens (including phenoxy) is 1. The molecule has 0 saturated heterocycles. The first-order valence-corrected chi connectivity index (χ1v) is 8.13. The molecule has 0 aliphatic heterocycles. The van der Waals surface area contributed by atoms with Gasteiger partial charge in [-0.2, -0.15) is 0 Å². The first kappa shape index (κ1) is 14.1. The first-order chi connectivity index (χ1) is 11.2. The van der Waals surface area contributed by atoms with Crippen molar-refractivity contribution in [3.05, 3.63) is 40.2 Å². The van der Waals surface area contributed by atoms with Crippen LogP contribution in [0.25, 0.3) is 11.4 Å². The van der Waals surface area contributed by atoms with Crippen molar-refractivity contribution in [1.82, 2.24) is 20.0 Å². The fourth-order valence-electron chi connectivity index (χ4n) is 2.32. The summed E-state index contributed by atoms with van der Waals surface area (Å²) < 4.78 is 11.5. The zero-order chi connectivity index (χ0) is 15.8. The number of thiazole rings is 1. The Kier molecular flexibility index (Phi) is 3.45. The van der Waals surface area contributed by atoms with Gasteiger partial charge < -0.3 is 9.15 Å². The van der Waals surface area contributed by atoms with Crippen LogP contribution in [-0.2, 0) is 11.3 Å². The van der Waals surface area contributed by atoms with Gasteiger partial charge in [0.15, 0.2) is 0 Å². The summed E-state index contributed by atoms with van der Waals surface area (Å²) in [6.07, 6.45) is 5.74. The Bertz CT molecular complexity index is 846. The highest BCUT2D eigenvalue weighted by atomic mass is 32.1. The van der Waals surface area contributed by atoms with Crippen LogP contribution in [0.2, 0.25) is 0 Å². The number of furan rings is 1. The van der Waals surface area contributed by atoms with Crippen molar-refractivity contribution in [2.45, 2.75) is 25.3 Å². The van der Waals surface area contributed by atoms with Crippen molar-refractivity contribution in [2.75, 3.05) is 7.11 Å². The predicted molar refractivity (Wildman–Crippen MR) is 82.3 cm³/mol. The third-order valence-electron chi connectivity index (χ3n) is 3.70. The molecule has 1 aliphatic rings. The average Bonchev–Trinajstić information content (AvgIpc) is 2.97. The molecule has 118 valence electrons. The number of hydrogen-bond acceptors (Lipinski definition) is 7. The number of carbonyl (C=O) groups is 1. The fraction of sp³-hybridized carbons (Fsp3) is 0.333. The standard InChI is InChI=1S/C15H14N4O3S/c1-21-15(20)13-10(4-5-22-13)6-19-7-11(17-18-19)12-8-23-14(16-12)9-2-3-9/h4-5,7-9H,2-3,6H2,1H3. The molecule has 0 radical (unpaired) electrons. The van der Waals surface area contributed by atoms with E-state index in [0.717, 1.165) is 11.4 Å². The number of aromatic nitrogens is 4. The average molecular weight is 330 g/mol. The van der Waals surface area contributed by atoms with E-state index in [9.17, 15) is 4.79 Å². The van der Waals surface area contributed by atoms with Crippen LogP contribution in [0.15, 0.2) is 28.3 Å². The van der Waals surface area contributed by atoms with Gasteiger partial charge in [-0.05, 0) is 18.9 Å². The molecule has 0 aromatic carbocycles. The molecule has 0 N–H and O–H groups in total. The minimum absolute atomic E-state index is 0.189. The van der Waals surface area contributed by atoms with E-state index < -0.39 is 5.97 Å². The van der Waals surface area contributed by atoms with Crippen LogP contribution in [-0.4, -0.2) is 33.1 Å². The van der Waals surface area contributed by atoms with E-state index in [-0.39, 0.29) is 5.76 Å². The molecule has 3 aromatic rings. The molecule has 0 bridgehead atoms. The minimum Gasteiger partial charge on any atom is -0.463 e. The Morgan fingerprint density at radius 2 is 2.35 bits per heavy atom. The summed E-state index contributed by atoms with van der Waals surface area (Å²) in [5.41, 5.74) is 2.28. The number of nitrogens with zero attached hydrogens (tertiary/aromatic N) is 4. The molecule has 1 saturated carbocycles. The lowest BCUT2D eigenvalue weighted by Crippen LogP contribution is -2.07. The van der Waals surface area contributed by atoms with Crippen LogP contribution < -0.4 is 0 Å². The van der Waals surface area contributed by atoms with Crippen molar-refractivity contribution < 1.29 is 13.9 Å². The van der Waals surface area contributed by atoms with Crippen LogP contribution in [0.1, 0.15) is 39.9 Å². The summed E-state index contributed by atoms with van der Waals surface area (Å²) in [4.78, 5) is 16.2. The Labute approximate surface area is 135 Å². The second kappa shape index (κ2) is 5.62. The molecule has 1 fully saturated rings. The van der Waals surface area contributed by atoms with Gasteiger partial charge in [0.1, 0.15) is 11.4 Å². The Morgan fingerprint density at radius 3 is 3.13 bits per heavy atom. The highest BCUT2D eigenvalue weighted by Crippen LogP contribution is 2.42. The zero-order valence-corrected chi connectivity index (χ0v) is 13.2. The zero-order valence-electron chi connectivity index (χ0n) is 12.4. The summed E-state index contributed by atoms with van der Waals surface area (Å²) in [6.45, 7) is 0.382. The molecule has 0 unspecified atom stereocenters. The molecular formula is C15H14N4O3S. The maximum Gasteiger partial charge on any atom is 0.374 e. The SMILES string of the molecule is COC(=O)c1occc1Cn1cc(-c2csc(C3CC3)n2)nn1. The van der Waals surface area contributed by atoms with E-state index in [2.05, 4.69) is 15.3 Å². The van der Waals surface area contributed by atoms with Crippen LogP contribution in [0.4, 0.5) is 0 Å². The Morgan fingerprint density at radius 1 is 1.48 bits per heavy atom. The number of rotatable bonds is 5. The monoisotopic (exact) mass is 330 g/mol. The summed E-state index contributed by atoms with van der Waals surface area (Å²) >= 11 is 1.67. The number of hydrogen-bond donors (Lipinski definition) is 0. The molecule has 3 heterocycles. The second-order valence-corrected chi connectivity index (χ2v) is 6.30. The molecular weight excluding hydrogens is 316 g/mol. The Balaban J connectivity index is 1.53. The lowest BCUT2D eigenvalue weighted by atomic mass is 10.2. The van der Waals surface area contributed by atoms with Gasteiger partial charge in [-0.15, -0.1) is 16.4 Å². The van der Waals surface area contributed by atoms with Gasteiger partial charge in [0.2, 0.25) is 5.76 Å². The van der Waals surface area contributed by atoms with Gasteiger partial charge in [0, 0.05) is 16.9 Å². The Hall–Kier alpha value is -2.48. The first-order valence-electron chi connectivity index (χ1n) is 7.25. The van der Waals surface area contributed by atoms with Crippen molar-refractivity contribution in [1.29, 1.82) is 0 Å². The van der Waals surface area contributed by atoms with Crippen molar-refractivity contribution in [2.24, 2.45) is 0 Å². The highest BCUT2D eigenvalue weighted by molar-refractivity contribution is 7.10. The van der Waals surface area contributed by atoms with Gasteiger partial charge in [0.25, 0.3) is 0 Å². The predicted octanol–water partition coefficient (Wildman–Crippen LogP) is 2.71. The molecule has 0 spiro atoms. The van der Waals surface area contributed by atoms with Crippen molar-refractivity contribution >= 4 is 17.3 Å². The number of methoxy groups -OCH3 is 1. The lowest BCUT2D eigenvalue weighted by molar-refractivity contribution is 0.0563. The largest absolute Gasteiger partial charge is 0.463 e. The topological polar surface area (TPSA) is 83.0 Å². The minimum atomic E-state index is -0.501. The molecule has 7 nitrogen and oxygen atoms in total. The van der Waals surface area contributed by atoms with E-state index in [4.69, 9.17) is 9.15 Å². The van der Waals surface area contributed by atoms with E-state index in [1.807, 2.05) is 11.6 Å². The highest BCUT2D eigenvalue weighted by Gasteiger charge is 2.27. The van der Waals surface area contributed by atoms with Gasteiger partial charge in [-0.1, -0.05) is 5.21 Å². The smallest absolute Gasteiger partial charge is 0.374 e. The third kappa shape index (κ3) is 2.77. The molecule has 0 atom stereocenters. The van der Waals surface area contributed by atoms with Gasteiger partial charge in [0.05, 0.1) is 31.1 Å². The fourth-order valence-corrected chi connectivity index (χ4v) is 3.31. The number of carbonyl (C=O) groups excluding carboxylic acids is 1. The van der Waals surface area contributed by atoms with Crippen LogP contribution in [0.3, 0.4) is 0 Å². The molecule has 8 heteroatoms. The van der Waals surface area contributed by atoms with Gasteiger partial charge in [-0.25, -0.2) is 14.5 Å². The second-order valence-electron chi connectivity index (χ2n) is 5.41. The van der Waals surface area contributed by atoms with E-state index in [0.29, 0.717) is 18.0 Å². The van der Waals surface area contributed by atoms with E-state index in [1.54, 1.807) is 22.1 Å². The van der Waals surface area contributed by atoms with Crippen molar-refractivity contribution in [3.8, 4) is 11.4 Å². The quantitative estimate of drug-likeness (QED) is 0.669. The number of esters is 1. The van der Waals surface area contributed by atoms with E-state index in [1.165, 1.54) is 31.2 Å². The molecule has 3 aromatic heterocycles.